The van der Waals surface area contributed by atoms with Gasteiger partial charge < -0.3 is 26.0 Å². The summed E-state index contributed by atoms with van der Waals surface area (Å²) in [6.07, 6.45) is 7.52. The van der Waals surface area contributed by atoms with Crippen LogP contribution in [0.25, 0.3) is 21.3 Å². The van der Waals surface area contributed by atoms with Gasteiger partial charge in [0.1, 0.15) is 23.6 Å². The highest BCUT2D eigenvalue weighted by Gasteiger charge is 2.44. The summed E-state index contributed by atoms with van der Waals surface area (Å²) >= 11 is 1.58. The number of hydrogen-bond donors (Lipinski definition) is 5. The number of aliphatic hydroxyl groups excluding tert-OH is 1. The molecular weight excluding hydrogens is 811 g/mol. The molecular formula is C45H59N9O7S. The highest BCUT2D eigenvalue weighted by atomic mass is 32.1. The number of aryl methyl sites for hydroxylation is 1. The fourth-order valence-electron chi connectivity index (χ4n) is 8.07. The molecule has 5 amide bonds. The van der Waals surface area contributed by atoms with Gasteiger partial charge in [0, 0.05) is 44.6 Å². The summed E-state index contributed by atoms with van der Waals surface area (Å²) < 4.78 is 1.07. The molecule has 2 aromatic heterocycles. The number of unbranched alkanes of at least 4 members (excludes halogenated alkanes) is 7. The van der Waals surface area contributed by atoms with Gasteiger partial charge in [-0.25, -0.2) is 4.98 Å². The maximum atomic E-state index is 14.0. The number of aromatic nitrogens is 4. The molecule has 0 saturated carbocycles. The number of fused-ring (bicyclic) bond motifs is 1. The number of rotatable bonds is 19. The number of carbonyl (C=O) groups is 5. The van der Waals surface area contributed by atoms with Crippen molar-refractivity contribution in [2.45, 2.75) is 136 Å². The SMILES string of the molecule is Cc1ncsc1-c1ccc(CNC(=O)[C@@H]2C[C@@H](O)CN2C(=O)[C@@H](NC(=O)CCCCCCCCCCNc2cccc3nnn(C4CCC(=O)NC4=O)c(=O)c23)C(C)(C)C)cc1. The van der Waals surface area contributed by atoms with Crippen molar-refractivity contribution in [3.63, 3.8) is 0 Å². The maximum Gasteiger partial charge on any atom is 0.280 e. The van der Waals surface area contributed by atoms with Gasteiger partial charge in [-0.1, -0.05) is 94.8 Å². The number of amides is 5. The van der Waals surface area contributed by atoms with Gasteiger partial charge in [-0.3, -0.25) is 34.1 Å². The molecule has 2 aliphatic rings. The van der Waals surface area contributed by atoms with E-state index in [0.717, 1.165) is 71.3 Å². The van der Waals surface area contributed by atoms with Crippen LogP contribution in [0.3, 0.4) is 0 Å². The van der Waals surface area contributed by atoms with Gasteiger partial charge in [-0.2, -0.15) is 4.68 Å². The lowest BCUT2D eigenvalue weighted by molar-refractivity contribution is -0.144. The van der Waals surface area contributed by atoms with Gasteiger partial charge >= 0.3 is 0 Å². The molecule has 1 unspecified atom stereocenters. The van der Waals surface area contributed by atoms with E-state index in [1.165, 1.54) is 4.90 Å². The Morgan fingerprint density at radius 1 is 0.968 bits per heavy atom. The minimum Gasteiger partial charge on any atom is -0.391 e. The van der Waals surface area contributed by atoms with Crippen molar-refractivity contribution in [3.05, 3.63) is 69.6 Å². The average Bonchev–Trinajstić information content (AvgIpc) is 3.86. The summed E-state index contributed by atoms with van der Waals surface area (Å²) in [6, 6.07) is 10.6. The Bertz CT molecular complexity index is 2290. The quantitative estimate of drug-likeness (QED) is 0.0629. The van der Waals surface area contributed by atoms with E-state index in [1.54, 1.807) is 23.5 Å². The minimum absolute atomic E-state index is 0.0229. The minimum atomic E-state index is -0.882. The van der Waals surface area contributed by atoms with Gasteiger partial charge in [0.25, 0.3) is 11.5 Å². The van der Waals surface area contributed by atoms with Crippen molar-refractivity contribution >= 4 is 57.5 Å². The van der Waals surface area contributed by atoms with E-state index in [0.29, 0.717) is 29.6 Å². The maximum absolute atomic E-state index is 14.0. The van der Waals surface area contributed by atoms with E-state index in [9.17, 15) is 33.9 Å². The smallest absolute Gasteiger partial charge is 0.280 e. The number of carbonyl (C=O) groups excluding carboxylic acids is 5. The van der Waals surface area contributed by atoms with E-state index in [1.807, 2.05) is 63.5 Å². The van der Waals surface area contributed by atoms with Crippen LogP contribution in [0.2, 0.25) is 0 Å². The zero-order valence-corrected chi connectivity index (χ0v) is 36.9. The average molecular weight is 870 g/mol. The molecule has 0 spiro atoms. The fourth-order valence-corrected chi connectivity index (χ4v) is 8.89. The summed E-state index contributed by atoms with van der Waals surface area (Å²) in [7, 11) is 0. The third kappa shape index (κ3) is 11.7. The second kappa shape index (κ2) is 21.0. The molecule has 332 valence electrons. The van der Waals surface area contributed by atoms with Crippen LogP contribution in [0.4, 0.5) is 5.69 Å². The van der Waals surface area contributed by atoms with Crippen LogP contribution < -0.4 is 26.8 Å². The molecule has 5 N–H and O–H groups in total. The Balaban J connectivity index is 0.879. The number of aliphatic hydroxyl groups is 1. The van der Waals surface area contributed by atoms with E-state index >= 15 is 0 Å². The molecule has 62 heavy (non-hydrogen) atoms. The van der Waals surface area contributed by atoms with E-state index < -0.39 is 41.1 Å². The van der Waals surface area contributed by atoms with Crippen molar-refractivity contribution in [3.8, 4) is 10.4 Å². The van der Waals surface area contributed by atoms with Crippen LogP contribution in [-0.4, -0.2) is 90.8 Å². The van der Waals surface area contributed by atoms with Crippen molar-refractivity contribution in [2.75, 3.05) is 18.4 Å². The summed E-state index contributed by atoms with van der Waals surface area (Å²) in [4.78, 5) is 84.7. The van der Waals surface area contributed by atoms with E-state index in [2.05, 4.69) is 36.6 Å². The molecule has 2 fully saturated rings. The largest absolute Gasteiger partial charge is 0.391 e. The molecule has 2 aliphatic heterocycles. The standard InChI is InChI=1S/C45H59N9O7S/c1-28-39(62-27-48-28)30-19-17-29(18-20-30)25-47-41(58)35-24-31(55)26-53(35)44(61)40(45(2,3)4)49-36(56)16-11-9-7-5-6-8-10-12-23-46-32-14-13-15-33-38(32)43(60)54(52-51-33)34-21-22-37(57)50-42(34)59/h13-15,17-20,27,31,34-35,40,46,55H,5-12,16,21-26H2,1-4H3,(H,47,58)(H,49,56)(H,50,57,59)/t31-,34?,35+,40-/m1/s1. The lowest BCUT2D eigenvalue weighted by atomic mass is 9.85. The van der Waals surface area contributed by atoms with Crippen LogP contribution >= 0.6 is 11.3 Å². The van der Waals surface area contributed by atoms with Crippen molar-refractivity contribution in [2.24, 2.45) is 5.41 Å². The zero-order chi connectivity index (χ0) is 44.4. The molecule has 0 bridgehead atoms. The zero-order valence-electron chi connectivity index (χ0n) is 36.1. The van der Waals surface area contributed by atoms with Gasteiger partial charge in [0.15, 0.2) is 0 Å². The first-order chi connectivity index (χ1) is 29.7. The number of nitrogens with zero attached hydrogens (tertiary/aromatic N) is 5. The Morgan fingerprint density at radius 3 is 2.35 bits per heavy atom. The summed E-state index contributed by atoms with van der Waals surface area (Å²) in [5.74, 6) is -1.85. The number of nitrogens with one attached hydrogen (secondary N) is 4. The lowest BCUT2D eigenvalue weighted by Gasteiger charge is -2.35. The topological polar surface area (TPSA) is 218 Å². The Morgan fingerprint density at radius 2 is 1.68 bits per heavy atom. The van der Waals surface area contributed by atoms with Gasteiger partial charge in [0.2, 0.25) is 23.6 Å². The van der Waals surface area contributed by atoms with Crippen molar-refractivity contribution < 1.29 is 29.1 Å². The number of anilines is 1. The second-order valence-corrected chi connectivity index (χ2v) is 18.3. The highest BCUT2D eigenvalue weighted by Crippen LogP contribution is 2.29. The second-order valence-electron chi connectivity index (χ2n) is 17.5. The summed E-state index contributed by atoms with van der Waals surface area (Å²) in [6.45, 7) is 8.57. The van der Waals surface area contributed by atoms with E-state index in [-0.39, 0.29) is 62.4 Å². The third-order valence-electron chi connectivity index (χ3n) is 11.6. The van der Waals surface area contributed by atoms with Gasteiger partial charge in [-0.05, 0) is 54.9 Å². The molecule has 4 atom stereocenters. The van der Waals surface area contributed by atoms with Crippen LogP contribution in [-0.2, 0) is 30.5 Å². The molecule has 4 aromatic rings. The first-order valence-electron chi connectivity index (χ1n) is 21.7. The third-order valence-corrected chi connectivity index (χ3v) is 12.6. The van der Waals surface area contributed by atoms with Crippen LogP contribution in [0.15, 0.2) is 52.8 Å². The number of benzene rings is 2. The number of piperidine rings is 1. The number of β-amino-alcohol motifs (C(OH)–C–C–N with tert-alkyl or cyclic N) is 1. The Hall–Kier alpha value is -5.55. The molecule has 4 heterocycles. The molecule has 17 heteroatoms. The van der Waals surface area contributed by atoms with Gasteiger partial charge in [-0.15, -0.1) is 16.4 Å². The van der Waals surface area contributed by atoms with Crippen molar-refractivity contribution in [1.82, 2.24) is 40.8 Å². The number of thiazole rings is 1. The Labute approximate surface area is 365 Å². The van der Waals surface area contributed by atoms with E-state index in [4.69, 9.17) is 0 Å². The number of hydrogen-bond acceptors (Lipinski definition) is 12. The van der Waals surface area contributed by atoms with Crippen LogP contribution in [0.5, 0.6) is 0 Å². The van der Waals surface area contributed by atoms with Crippen molar-refractivity contribution in [1.29, 1.82) is 0 Å². The fraction of sp³-hybridized carbons (Fsp3) is 0.533. The first kappa shape index (κ1) is 46.0. The first-order valence-corrected chi connectivity index (χ1v) is 22.6. The van der Waals surface area contributed by atoms with Gasteiger partial charge in [0.05, 0.1) is 27.6 Å². The Kier molecular flexibility index (Phi) is 15.6. The predicted molar refractivity (Wildman–Crippen MR) is 237 cm³/mol. The summed E-state index contributed by atoms with van der Waals surface area (Å²) in [5.41, 5.74) is 4.76. The molecule has 6 rings (SSSR count). The molecule has 2 aromatic carbocycles. The lowest BCUT2D eigenvalue weighted by Crippen LogP contribution is -2.57. The van der Waals surface area contributed by atoms with Crippen LogP contribution in [0, 0.1) is 12.3 Å². The molecule has 16 nitrogen and oxygen atoms in total. The predicted octanol–water partition coefficient (Wildman–Crippen LogP) is 4.93. The summed E-state index contributed by atoms with van der Waals surface area (Å²) in [5, 5.41) is 30.6. The number of imide groups is 1. The molecule has 2 saturated heterocycles. The molecule has 0 radical (unpaired) electrons. The molecule has 0 aliphatic carbocycles. The van der Waals surface area contributed by atoms with Crippen LogP contribution in [0.1, 0.15) is 115 Å². The normalized spacial score (nSPS) is 18.4. The number of likely N-dealkylation sites (tertiary alicyclic amines) is 1. The highest BCUT2D eigenvalue weighted by molar-refractivity contribution is 7.13. The monoisotopic (exact) mass is 869 g/mol.